The Hall–Kier alpha value is -0.910. The second-order valence-electron chi connectivity index (χ2n) is 3.35. The Morgan fingerprint density at radius 3 is 3.21 bits per heavy atom. The van der Waals surface area contributed by atoms with Gasteiger partial charge in [0.25, 0.3) is 0 Å². The van der Waals surface area contributed by atoms with Gasteiger partial charge in [0.2, 0.25) is 0 Å². The smallest absolute Gasteiger partial charge is 0.193 e. The lowest BCUT2D eigenvalue weighted by Gasteiger charge is -2.12. The first-order valence-electron chi connectivity index (χ1n) is 4.59. The third kappa shape index (κ3) is 1.95. The van der Waals surface area contributed by atoms with Gasteiger partial charge in [-0.3, -0.25) is 9.30 Å². The third-order valence-corrected chi connectivity index (χ3v) is 2.86. The molecule has 0 atom stereocenters. The molecule has 0 spiro atoms. The van der Waals surface area contributed by atoms with Crippen molar-refractivity contribution in [3.05, 3.63) is 23.5 Å². The molecule has 0 saturated carbocycles. The van der Waals surface area contributed by atoms with Crippen LogP contribution in [0.3, 0.4) is 0 Å². The zero-order chi connectivity index (χ0) is 9.97. The average molecular weight is 210 g/mol. The Morgan fingerprint density at radius 2 is 2.50 bits per heavy atom. The number of likely N-dealkylation sites (N-methyl/N-ethyl adjacent to an activating group) is 1. The molecule has 0 fully saturated rings. The van der Waals surface area contributed by atoms with E-state index in [9.17, 15) is 0 Å². The van der Waals surface area contributed by atoms with Crippen molar-refractivity contribution in [1.29, 1.82) is 0 Å². The van der Waals surface area contributed by atoms with Gasteiger partial charge < -0.3 is 5.73 Å². The molecule has 76 valence electrons. The van der Waals surface area contributed by atoms with Crippen molar-refractivity contribution in [1.82, 2.24) is 14.3 Å². The van der Waals surface area contributed by atoms with Gasteiger partial charge in [-0.05, 0) is 7.05 Å². The maximum absolute atomic E-state index is 5.47. The molecule has 5 heteroatoms. The summed E-state index contributed by atoms with van der Waals surface area (Å²) in [5.41, 5.74) is 6.58. The van der Waals surface area contributed by atoms with Gasteiger partial charge >= 0.3 is 0 Å². The summed E-state index contributed by atoms with van der Waals surface area (Å²) in [6.07, 6.45) is 4.10. The normalized spacial score (nSPS) is 11.6. The summed E-state index contributed by atoms with van der Waals surface area (Å²) in [6, 6.07) is 0. The van der Waals surface area contributed by atoms with Crippen molar-refractivity contribution in [3.63, 3.8) is 0 Å². The molecular formula is C9H14N4S. The van der Waals surface area contributed by atoms with Crippen LogP contribution in [0.2, 0.25) is 0 Å². The number of nitrogens with zero attached hydrogens (tertiary/aromatic N) is 3. The van der Waals surface area contributed by atoms with E-state index in [1.54, 1.807) is 11.3 Å². The molecule has 14 heavy (non-hydrogen) atoms. The SMILES string of the molecule is CN(CCN)Cc1cn2ccsc2n1. The van der Waals surface area contributed by atoms with Crippen LogP contribution >= 0.6 is 11.3 Å². The molecular weight excluding hydrogens is 196 g/mol. The van der Waals surface area contributed by atoms with Crippen LogP contribution in [0.1, 0.15) is 5.69 Å². The van der Waals surface area contributed by atoms with Crippen LogP contribution in [0.5, 0.6) is 0 Å². The molecule has 0 unspecified atom stereocenters. The van der Waals surface area contributed by atoms with E-state index in [-0.39, 0.29) is 0 Å². The Labute approximate surface area is 87.0 Å². The number of imidazole rings is 1. The van der Waals surface area contributed by atoms with Crippen molar-refractivity contribution >= 4 is 16.3 Å². The van der Waals surface area contributed by atoms with Gasteiger partial charge in [-0.1, -0.05) is 0 Å². The number of nitrogens with two attached hydrogens (primary N) is 1. The number of aromatic nitrogens is 2. The predicted molar refractivity (Wildman–Crippen MR) is 58.5 cm³/mol. The summed E-state index contributed by atoms with van der Waals surface area (Å²) in [5, 5.41) is 2.04. The fraction of sp³-hybridized carbons (Fsp3) is 0.444. The summed E-state index contributed by atoms with van der Waals surface area (Å²) < 4.78 is 2.05. The van der Waals surface area contributed by atoms with Crippen molar-refractivity contribution in [2.24, 2.45) is 5.73 Å². The molecule has 0 amide bonds. The second-order valence-corrected chi connectivity index (χ2v) is 4.22. The minimum atomic E-state index is 0.693. The van der Waals surface area contributed by atoms with Gasteiger partial charge in [-0.15, -0.1) is 11.3 Å². The van der Waals surface area contributed by atoms with E-state index in [1.807, 2.05) is 11.6 Å². The maximum atomic E-state index is 5.47. The molecule has 2 N–H and O–H groups in total. The number of fused-ring (bicyclic) bond motifs is 1. The second kappa shape index (κ2) is 4.08. The topological polar surface area (TPSA) is 46.6 Å². The Kier molecular flexibility index (Phi) is 2.81. The van der Waals surface area contributed by atoms with Gasteiger partial charge in [0.15, 0.2) is 4.96 Å². The summed E-state index contributed by atoms with van der Waals surface area (Å²) >= 11 is 1.66. The number of thiazole rings is 1. The number of hydrogen-bond donors (Lipinski definition) is 1. The minimum Gasteiger partial charge on any atom is -0.329 e. The van der Waals surface area contributed by atoms with Crippen LogP contribution in [-0.4, -0.2) is 34.4 Å². The van der Waals surface area contributed by atoms with E-state index in [0.29, 0.717) is 6.54 Å². The van der Waals surface area contributed by atoms with Crippen molar-refractivity contribution in [3.8, 4) is 0 Å². The maximum Gasteiger partial charge on any atom is 0.193 e. The first-order valence-corrected chi connectivity index (χ1v) is 5.47. The molecule has 0 aromatic carbocycles. The standard InChI is InChI=1S/C9H14N4S/c1-12(3-2-10)6-8-7-13-4-5-14-9(13)11-8/h4-5,7H,2-3,6,10H2,1H3. The first-order chi connectivity index (χ1) is 6.79. The van der Waals surface area contributed by atoms with Gasteiger partial charge in [-0.25, -0.2) is 4.98 Å². The van der Waals surface area contributed by atoms with Gasteiger partial charge in [0.05, 0.1) is 5.69 Å². The van der Waals surface area contributed by atoms with Gasteiger partial charge in [0.1, 0.15) is 0 Å². The highest BCUT2D eigenvalue weighted by molar-refractivity contribution is 7.15. The van der Waals surface area contributed by atoms with Crippen molar-refractivity contribution < 1.29 is 0 Å². The van der Waals surface area contributed by atoms with Crippen LogP contribution < -0.4 is 5.73 Å². The molecule has 4 nitrogen and oxygen atoms in total. The summed E-state index contributed by atoms with van der Waals surface area (Å²) in [6.45, 7) is 2.47. The molecule has 0 bridgehead atoms. The van der Waals surface area contributed by atoms with Gasteiger partial charge in [-0.2, -0.15) is 0 Å². The quantitative estimate of drug-likeness (QED) is 0.811. The number of hydrogen-bond acceptors (Lipinski definition) is 4. The lowest BCUT2D eigenvalue weighted by Crippen LogP contribution is -2.25. The molecule has 2 heterocycles. The van der Waals surface area contributed by atoms with E-state index < -0.39 is 0 Å². The molecule has 2 aromatic rings. The molecule has 0 saturated heterocycles. The molecule has 2 aromatic heterocycles. The highest BCUT2D eigenvalue weighted by atomic mass is 32.1. The highest BCUT2D eigenvalue weighted by Crippen LogP contribution is 2.12. The summed E-state index contributed by atoms with van der Waals surface area (Å²) in [4.78, 5) is 7.72. The monoisotopic (exact) mass is 210 g/mol. The van der Waals surface area contributed by atoms with Crippen LogP contribution in [-0.2, 0) is 6.54 Å². The summed E-state index contributed by atoms with van der Waals surface area (Å²) in [5.74, 6) is 0. The van der Waals surface area contributed by atoms with Crippen LogP contribution in [0.25, 0.3) is 4.96 Å². The van der Waals surface area contributed by atoms with E-state index in [0.717, 1.165) is 23.7 Å². The van der Waals surface area contributed by atoms with Crippen LogP contribution in [0.4, 0.5) is 0 Å². The fourth-order valence-corrected chi connectivity index (χ4v) is 2.15. The Balaban J connectivity index is 2.08. The van der Waals surface area contributed by atoms with Gasteiger partial charge in [0, 0.05) is 37.4 Å². The minimum absolute atomic E-state index is 0.693. The summed E-state index contributed by atoms with van der Waals surface area (Å²) in [7, 11) is 2.06. The predicted octanol–water partition coefficient (Wildman–Crippen LogP) is 0.786. The molecule has 0 aliphatic carbocycles. The van der Waals surface area contributed by atoms with E-state index in [2.05, 4.69) is 27.5 Å². The zero-order valence-corrected chi connectivity index (χ0v) is 9.00. The first kappa shape index (κ1) is 9.64. The van der Waals surface area contributed by atoms with Crippen LogP contribution in [0.15, 0.2) is 17.8 Å². The Morgan fingerprint density at radius 1 is 1.64 bits per heavy atom. The zero-order valence-electron chi connectivity index (χ0n) is 8.18. The van der Waals surface area contributed by atoms with Crippen molar-refractivity contribution in [2.75, 3.05) is 20.1 Å². The highest BCUT2D eigenvalue weighted by Gasteiger charge is 2.04. The van der Waals surface area contributed by atoms with E-state index in [4.69, 9.17) is 5.73 Å². The molecule has 0 aliphatic rings. The molecule has 0 aliphatic heterocycles. The average Bonchev–Trinajstić information content (AvgIpc) is 2.63. The molecule has 2 rings (SSSR count). The third-order valence-electron chi connectivity index (χ3n) is 2.09. The van der Waals surface area contributed by atoms with E-state index in [1.165, 1.54) is 0 Å². The largest absolute Gasteiger partial charge is 0.329 e. The number of rotatable bonds is 4. The van der Waals surface area contributed by atoms with Crippen LogP contribution in [0, 0.1) is 0 Å². The van der Waals surface area contributed by atoms with Crippen molar-refractivity contribution in [2.45, 2.75) is 6.54 Å². The lowest BCUT2D eigenvalue weighted by molar-refractivity contribution is 0.333. The molecule has 0 radical (unpaired) electrons. The fourth-order valence-electron chi connectivity index (χ4n) is 1.43. The Bertz CT molecular complexity index is 377. The van der Waals surface area contributed by atoms with E-state index >= 15 is 0 Å². The lowest BCUT2D eigenvalue weighted by atomic mass is 10.4.